The zero-order valence-corrected chi connectivity index (χ0v) is 10.9. The van der Waals surface area contributed by atoms with Crippen LogP contribution in [0.5, 0.6) is 0 Å². The fourth-order valence-electron chi connectivity index (χ4n) is 1.44. The van der Waals surface area contributed by atoms with Gasteiger partial charge in [0.05, 0.1) is 12.4 Å². The SMILES string of the molecule is CNc1cncc(NCC2CSCCS2)n1. The molecule has 0 aromatic carbocycles. The van der Waals surface area contributed by atoms with E-state index in [4.69, 9.17) is 0 Å². The molecule has 4 nitrogen and oxygen atoms in total. The topological polar surface area (TPSA) is 49.8 Å². The molecule has 0 aliphatic carbocycles. The van der Waals surface area contributed by atoms with Crippen molar-refractivity contribution in [3.05, 3.63) is 12.4 Å². The van der Waals surface area contributed by atoms with Crippen molar-refractivity contribution in [2.45, 2.75) is 5.25 Å². The van der Waals surface area contributed by atoms with Gasteiger partial charge in [0.25, 0.3) is 0 Å². The first-order chi connectivity index (χ1) is 7.88. The molecular formula is C10H16N4S2. The predicted molar refractivity (Wildman–Crippen MR) is 73.6 cm³/mol. The number of hydrogen-bond acceptors (Lipinski definition) is 6. The first-order valence-corrected chi connectivity index (χ1v) is 7.52. The second kappa shape index (κ2) is 6.20. The van der Waals surface area contributed by atoms with Crippen LogP contribution in [0.4, 0.5) is 11.6 Å². The summed E-state index contributed by atoms with van der Waals surface area (Å²) in [6, 6.07) is 0. The highest BCUT2D eigenvalue weighted by Crippen LogP contribution is 2.24. The van der Waals surface area contributed by atoms with E-state index in [9.17, 15) is 0 Å². The molecule has 1 aromatic rings. The average molecular weight is 256 g/mol. The van der Waals surface area contributed by atoms with Crippen molar-refractivity contribution in [3.63, 3.8) is 0 Å². The summed E-state index contributed by atoms with van der Waals surface area (Å²) in [6.45, 7) is 0.972. The molecule has 0 spiro atoms. The Hall–Kier alpha value is -0.620. The first-order valence-electron chi connectivity index (χ1n) is 5.31. The van der Waals surface area contributed by atoms with Gasteiger partial charge in [0.2, 0.25) is 0 Å². The fraction of sp³-hybridized carbons (Fsp3) is 0.600. The fourth-order valence-corrected chi connectivity index (χ4v) is 4.06. The van der Waals surface area contributed by atoms with Crippen molar-refractivity contribution in [3.8, 4) is 0 Å². The van der Waals surface area contributed by atoms with Crippen LogP contribution < -0.4 is 10.6 Å². The molecule has 2 N–H and O–H groups in total. The van der Waals surface area contributed by atoms with Crippen LogP contribution in [0.25, 0.3) is 0 Å². The van der Waals surface area contributed by atoms with Crippen LogP contribution in [-0.2, 0) is 0 Å². The zero-order valence-electron chi connectivity index (χ0n) is 9.27. The van der Waals surface area contributed by atoms with Gasteiger partial charge >= 0.3 is 0 Å². The Bertz CT molecular complexity index is 328. The molecule has 1 fully saturated rings. The van der Waals surface area contributed by atoms with Crippen LogP contribution in [-0.4, -0.2) is 46.1 Å². The summed E-state index contributed by atoms with van der Waals surface area (Å²) in [6.07, 6.45) is 3.48. The van der Waals surface area contributed by atoms with Crippen LogP contribution >= 0.6 is 23.5 Å². The lowest BCUT2D eigenvalue weighted by Crippen LogP contribution is -2.23. The molecule has 1 unspecified atom stereocenters. The van der Waals surface area contributed by atoms with Gasteiger partial charge in [-0.3, -0.25) is 4.98 Å². The summed E-state index contributed by atoms with van der Waals surface area (Å²) >= 11 is 4.08. The third-order valence-corrected chi connectivity index (χ3v) is 5.13. The van der Waals surface area contributed by atoms with Crippen LogP contribution in [0.1, 0.15) is 0 Å². The van der Waals surface area contributed by atoms with Gasteiger partial charge in [-0.2, -0.15) is 23.5 Å². The molecule has 0 bridgehead atoms. The molecule has 88 valence electrons. The summed E-state index contributed by atoms with van der Waals surface area (Å²) in [5.74, 6) is 5.44. The van der Waals surface area contributed by atoms with Crippen molar-refractivity contribution < 1.29 is 0 Å². The van der Waals surface area contributed by atoms with Crippen molar-refractivity contribution in [2.75, 3.05) is 41.5 Å². The van der Waals surface area contributed by atoms with E-state index in [1.54, 1.807) is 12.4 Å². The normalized spacial score (nSPS) is 20.4. The molecule has 1 aliphatic rings. The van der Waals surface area contributed by atoms with E-state index in [0.29, 0.717) is 5.25 Å². The maximum Gasteiger partial charge on any atom is 0.146 e. The predicted octanol–water partition coefficient (Wildman–Crippen LogP) is 1.78. The van der Waals surface area contributed by atoms with E-state index in [0.717, 1.165) is 18.2 Å². The average Bonchev–Trinajstić information content (AvgIpc) is 2.38. The third-order valence-electron chi connectivity index (χ3n) is 2.29. The molecule has 2 heterocycles. The second-order valence-electron chi connectivity index (χ2n) is 3.49. The summed E-state index contributed by atoms with van der Waals surface area (Å²) in [5.41, 5.74) is 0. The van der Waals surface area contributed by atoms with Crippen molar-refractivity contribution in [1.82, 2.24) is 9.97 Å². The quantitative estimate of drug-likeness (QED) is 0.856. The number of hydrogen-bond donors (Lipinski definition) is 2. The van der Waals surface area contributed by atoms with Crippen molar-refractivity contribution in [1.29, 1.82) is 0 Å². The molecule has 16 heavy (non-hydrogen) atoms. The molecule has 2 rings (SSSR count). The largest absolute Gasteiger partial charge is 0.372 e. The molecule has 1 aromatic heterocycles. The van der Waals surface area contributed by atoms with Crippen LogP contribution in [0.2, 0.25) is 0 Å². The number of nitrogens with one attached hydrogen (secondary N) is 2. The zero-order chi connectivity index (χ0) is 11.2. The third kappa shape index (κ3) is 3.45. The number of rotatable bonds is 4. The number of anilines is 2. The van der Waals surface area contributed by atoms with Gasteiger partial charge < -0.3 is 10.6 Å². The van der Waals surface area contributed by atoms with Crippen molar-refractivity contribution >= 4 is 35.2 Å². The van der Waals surface area contributed by atoms with E-state index in [2.05, 4.69) is 20.6 Å². The molecule has 1 saturated heterocycles. The Morgan fingerprint density at radius 1 is 1.38 bits per heavy atom. The highest BCUT2D eigenvalue weighted by atomic mass is 32.2. The Labute approximate surface area is 104 Å². The van der Waals surface area contributed by atoms with Gasteiger partial charge in [0.15, 0.2) is 0 Å². The van der Waals surface area contributed by atoms with Gasteiger partial charge in [0.1, 0.15) is 11.6 Å². The van der Waals surface area contributed by atoms with Gasteiger partial charge in [0, 0.05) is 36.1 Å². The van der Waals surface area contributed by atoms with Gasteiger partial charge in [-0.05, 0) is 0 Å². The monoisotopic (exact) mass is 256 g/mol. The Kier molecular flexibility index (Phi) is 4.59. The van der Waals surface area contributed by atoms with Gasteiger partial charge in [-0.25, -0.2) is 4.98 Å². The Morgan fingerprint density at radius 3 is 3.00 bits per heavy atom. The van der Waals surface area contributed by atoms with Crippen LogP contribution in [0.3, 0.4) is 0 Å². The molecule has 0 saturated carbocycles. The molecular weight excluding hydrogens is 240 g/mol. The lowest BCUT2D eigenvalue weighted by atomic mass is 10.4. The maximum atomic E-state index is 4.37. The lowest BCUT2D eigenvalue weighted by Gasteiger charge is -2.21. The smallest absolute Gasteiger partial charge is 0.146 e. The number of aromatic nitrogens is 2. The summed E-state index contributed by atoms with van der Waals surface area (Å²) < 4.78 is 0. The minimum atomic E-state index is 0.693. The number of nitrogens with zero attached hydrogens (tertiary/aromatic N) is 2. The van der Waals surface area contributed by atoms with E-state index in [1.165, 1.54) is 17.3 Å². The lowest BCUT2D eigenvalue weighted by molar-refractivity contribution is 0.988. The van der Waals surface area contributed by atoms with Crippen LogP contribution in [0, 0.1) is 0 Å². The minimum absolute atomic E-state index is 0.693. The van der Waals surface area contributed by atoms with E-state index in [1.807, 2.05) is 30.6 Å². The highest BCUT2D eigenvalue weighted by Gasteiger charge is 2.13. The standard InChI is InChI=1S/C10H16N4S2/c1-11-9-5-12-6-10(14-9)13-4-8-7-15-2-3-16-8/h5-6,8H,2-4,7H2,1H3,(H2,11,13,14). The Morgan fingerprint density at radius 2 is 2.25 bits per heavy atom. The summed E-state index contributed by atoms with van der Waals surface area (Å²) in [4.78, 5) is 8.49. The summed E-state index contributed by atoms with van der Waals surface area (Å²) in [7, 11) is 1.85. The molecule has 0 radical (unpaired) electrons. The first kappa shape index (κ1) is 11.9. The van der Waals surface area contributed by atoms with E-state index in [-0.39, 0.29) is 0 Å². The minimum Gasteiger partial charge on any atom is -0.372 e. The van der Waals surface area contributed by atoms with Gasteiger partial charge in [-0.15, -0.1) is 0 Å². The van der Waals surface area contributed by atoms with Gasteiger partial charge in [-0.1, -0.05) is 0 Å². The highest BCUT2D eigenvalue weighted by molar-refractivity contribution is 8.06. The van der Waals surface area contributed by atoms with Crippen LogP contribution in [0.15, 0.2) is 12.4 Å². The maximum absolute atomic E-state index is 4.37. The van der Waals surface area contributed by atoms with Crippen molar-refractivity contribution in [2.24, 2.45) is 0 Å². The number of thioether (sulfide) groups is 2. The molecule has 6 heteroatoms. The second-order valence-corrected chi connectivity index (χ2v) is 6.05. The van der Waals surface area contributed by atoms with E-state index >= 15 is 0 Å². The summed E-state index contributed by atoms with van der Waals surface area (Å²) in [5, 5.41) is 7.02. The molecule has 0 amide bonds. The molecule has 1 aliphatic heterocycles. The Balaban J connectivity index is 1.83. The molecule has 1 atom stereocenters. The van der Waals surface area contributed by atoms with E-state index < -0.39 is 0 Å².